The predicted octanol–water partition coefficient (Wildman–Crippen LogP) is 3.05. The third-order valence-electron chi connectivity index (χ3n) is 3.09. The van der Waals surface area contributed by atoms with E-state index in [1.807, 2.05) is 36.4 Å². The molecule has 1 aliphatic rings. The van der Waals surface area contributed by atoms with Gasteiger partial charge >= 0.3 is 0 Å². The fraction of sp³-hybridized carbons (Fsp3) is 0.143. The number of hydrogen-bond acceptors (Lipinski definition) is 2. The molecule has 1 amide bonds. The number of aromatic nitrogens is 1. The Morgan fingerprint density at radius 1 is 1.17 bits per heavy atom. The van der Waals surface area contributed by atoms with Gasteiger partial charge in [0.25, 0.3) is 5.91 Å². The Morgan fingerprint density at radius 3 is 2.83 bits per heavy atom. The molecular formula is C14H11BrN2O. The number of hydrogen-bond donors (Lipinski definition) is 0. The highest BCUT2D eigenvalue weighted by Gasteiger charge is 2.26. The number of halogens is 1. The molecule has 0 saturated heterocycles. The molecule has 1 aromatic carbocycles. The van der Waals surface area contributed by atoms with Gasteiger partial charge in [-0.15, -0.1) is 0 Å². The summed E-state index contributed by atoms with van der Waals surface area (Å²) in [5.41, 5.74) is 1.90. The zero-order chi connectivity index (χ0) is 12.5. The van der Waals surface area contributed by atoms with E-state index >= 15 is 0 Å². The zero-order valence-electron chi connectivity index (χ0n) is 9.64. The zero-order valence-corrected chi connectivity index (χ0v) is 11.2. The van der Waals surface area contributed by atoms with Crippen molar-refractivity contribution in [2.24, 2.45) is 0 Å². The molecule has 0 spiro atoms. The van der Waals surface area contributed by atoms with Crippen molar-refractivity contribution in [1.82, 2.24) is 4.98 Å². The van der Waals surface area contributed by atoms with Crippen molar-refractivity contribution >= 4 is 27.7 Å². The first-order valence-corrected chi connectivity index (χ1v) is 6.57. The van der Waals surface area contributed by atoms with Crippen LogP contribution in [-0.4, -0.2) is 17.4 Å². The first-order valence-electron chi connectivity index (χ1n) is 5.77. The summed E-state index contributed by atoms with van der Waals surface area (Å²) in [6.45, 7) is 0.672. The normalized spacial score (nSPS) is 14.5. The van der Waals surface area contributed by atoms with E-state index in [1.165, 1.54) is 0 Å². The maximum atomic E-state index is 12.4. The molecule has 1 aromatic heterocycles. The minimum Gasteiger partial charge on any atom is -0.291 e. The summed E-state index contributed by atoms with van der Waals surface area (Å²) in [7, 11) is 0. The fourth-order valence-electron chi connectivity index (χ4n) is 2.20. The number of nitrogens with zero attached hydrogens (tertiary/aromatic N) is 2. The number of amides is 1. The second kappa shape index (κ2) is 4.53. The Hall–Kier alpha value is -1.68. The van der Waals surface area contributed by atoms with Crippen LogP contribution in [0, 0.1) is 0 Å². The van der Waals surface area contributed by atoms with Crippen LogP contribution in [0.25, 0.3) is 0 Å². The van der Waals surface area contributed by atoms with Crippen molar-refractivity contribution in [3.63, 3.8) is 0 Å². The van der Waals surface area contributed by atoms with Crippen LogP contribution in [0.5, 0.6) is 0 Å². The maximum Gasteiger partial charge on any atom is 0.259 e. The summed E-state index contributed by atoms with van der Waals surface area (Å²) in [4.78, 5) is 18.4. The SMILES string of the molecule is O=C1c2ccccc2CCN1c1ncccc1Br. The van der Waals surface area contributed by atoms with Gasteiger partial charge in [-0.3, -0.25) is 9.69 Å². The molecule has 2 heterocycles. The quantitative estimate of drug-likeness (QED) is 0.811. The molecule has 3 rings (SSSR count). The largest absolute Gasteiger partial charge is 0.291 e. The highest BCUT2D eigenvalue weighted by Crippen LogP contribution is 2.28. The molecule has 1 aliphatic heterocycles. The van der Waals surface area contributed by atoms with Gasteiger partial charge in [0.05, 0.1) is 4.47 Å². The molecular weight excluding hydrogens is 292 g/mol. The van der Waals surface area contributed by atoms with Gasteiger partial charge in [0, 0.05) is 18.3 Å². The lowest BCUT2D eigenvalue weighted by Gasteiger charge is -2.28. The van der Waals surface area contributed by atoms with E-state index in [9.17, 15) is 4.79 Å². The maximum absolute atomic E-state index is 12.4. The Morgan fingerprint density at radius 2 is 2.00 bits per heavy atom. The summed E-state index contributed by atoms with van der Waals surface area (Å²) in [6, 6.07) is 11.5. The average molecular weight is 303 g/mol. The molecule has 0 radical (unpaired) electrons. The minimum absolute atomic E-state index is 0.0243. The molecule has 0 N–H and O–H groups in total. The van der Waals surface area contributed by atoms with E-state index in [-0.39, 0.29) is 5.91 Å². The van der Waals surface area contributed by atoms with Gasteiger partial charge in [0.15, 0.2) is 0 Å². The molecule has 0 fully saturated rings. The molecule has 3 nitrogen and oxygen atoms in total. The van der Waals surface area contributed by atoms with Crippen LogP contribution in [0.1, 0.15) is 15.9 Å². The predicted molar refractivity (Wildman–Crippen MR) is 73.8 cm³/mol. The summed E-state index contributed by atoms with van der Waals surface area (Å²) < 4.78 is 0.845. The van der Waals surface area contributed by atoms with Crippen molar-refractivity contribution < 1.29 is 4.79 Å². The third kappa shape index (κ3) is 1.82. The van der Waals surface area contributed by atoms with Crippen LogP contribution in [0.2, 0.25) is 0 Å². The van der Waals surface area contributed by atoms with E-state index in [4.69, 9.17) is 0 Å². The van der Waals surface area contributed by atoms with E-state index < -0.39 is 0 Å². The van der Waals surface area contributed by atoms with E-state index in [1.54, 1.807) is 11.1 Å². The molecule has 4 heteroatoms. The number of carbonyl (C=O) groups is 1. The van der Waals surface area contributed by atoms with Crippen molar-refractivity contribution in [3.05, 3.63) is 58.2 Å². The molecule has 0 bridgehead atoms. The number of carbonyl (C=O) groups excluding carboxylic acids is 1. The van der Waals surface area contributed by atoms with Crippen LogP contribution >= 0.6 is 15.9 Å². The molecule has 18 heavy (non-hydrogen) atoms. The summed E-state index contributed by atoms with van der Waals surface area (Å²) in [5.74, 6) is 0.716. The van der Waals surface area contributed by atoms with Gasteiger partial charge in [-0.05, 0) is 46.1 Å². The number of fused-ring (bicyclic) bond motifs is 1. The van der Waals surface area contributed by atoms with Gasteiger partial charge in [-0.1, -0.05) is 18.2 Å². The average Bonchev–Trinajstić information content (AvgIpc) is 2.41. The van der Waals surface area contributed by atoms with Gasteiger partial charge in [-0.25, -0.2) is 4.98 Å². The number of anilines is 1. The van der Waals surface area contributed by atoms with Crippen LogP contribution in [0.15, 0.2) is 47.1 Å². The van der Waals surface area contributed by atoms with Crippen molar-refractivity contribution in [2.75, 3.05) is 11.4 Å². The van der Waals surface area contributed by atoms with Crippen LogP contribution in [0.4, 0.5) is 5.82 Å². The number of pyridine rings is 1. The van der Waals surface area contributed by atoms with Crippen LogP contribution < -0.4 is 4.90 Å². The Bertz CT molecular complexity index is 612. The number of benzene rings is 1. The van der Waals surface area contributed by atoms with Crippen LogP contribution in [0.3, 0.4) is 0 Å². The lowest BCUT2D eigenvalue weighted by Crippen LogP contribution is -2.38. The van der Waals surface area contributed by atoms with E-state index in [0.29, 0.717) is 12.4 Å². The highest BCUT2D eigenvalue weighted by atomic mass is 79.9. The van der Waals surface area contributed by atoms with E-state index in [0.717, 1.165) is 22.0 Å². The van der Waals surface area contributed by atoms with E-state index in [2.05, 4.69) is 20.9 Å². The Kier molecular flexibility index (Phi) is 2.88. The van der Waals surface area contributed by atoms with Gasteiger partial charge < -0.3 is 0 Å². The first kappa shape index (κ1) is 11.4. The molecule has 0 unspecified atom stereocenters. The van der Waals surface area contributed by atoms with Crippen LogP contribution in [-0.2, 0) is 6.42 Å². The second-order valence-corrected chi connectivity index (χ2v) is 5.03. The third-order valence-corrected chi connectivity index (χ3v) is 3.71. The fourth-order valence-corrected chi connectivity index (χ4v) is 2.67. The van der Waals surface area contributed by atoms with Crippen molar-refractivity contribution in [3.8, 4) is 0 Å². The van der Waals surface area contributed by atoms with Gasteiger partial charge in [0.2, 0.25) is 0 Å². The standard InChI is InChI=1S/C14H11BrN2O/c15-12-6-3-8-16-13(12)17-9-7-10-4-1-2-5-11(10)14(17)18/h1-6,8H,7,9H2. The molecule has 0 aliphatic carbocycles. The molecule has 0 saturated carbocycles. The summed E-state index contributed by atoms with van der Waals surface area (Å²) >= 11 is 3.44. The minimum atomic E-state index is 0.0243. The summed E-state index contributed by atoms with van der Waals surface area (Å²) in [6.07, 6.45) is 2.57. The molecule has 0 atom stereocenters. The summed E-state index contributed by atoms with van der Waals surface area (Å²) in [5, 5.41) is 0. The van der Waals surface area contributed by atoms with Gasteiger partial charge in [-0.2, -0.15) is 0 Å². The van der Waals surface area contributed by atoms with Gasteiger partial charge in [0.1, 0.15) is 5.82 Å². The Labute approximate surface area is 114 Å². The lowest BCUT2D eigenvalue weighted by molar-refractivity contribution is 0.0979. The Balaban J connectivity index is 2.03. The lowest BCUT2D eigenvalue weighted by atomic mass is 9.99. The highest BCUT2D eigenvalue weighted by molar-refractivity contribution is 9.10. The molecule has 90 valence electrons. The topological polar surface area (TPSA) is 33.2 Å². The second-order valence-electron chi connectivity index (χ2n) is 4.17. The van der Waals surface area contributed by atoms with Crippen molar-refractivity contribution in [2.45, 2.75) is 6.42 Å². The van der Waals surface area contributed by atoms with Crippen molar-refractivity contribution in [1.29, 1.82) is 0 Å². The first-order chi connectivity index (χ1) is 8.77. The molecule has 2 aromatic rings. The number of rotatable bonds is 1. The monoisotopic (exact) mass is 302 g/mol. The smallest absolute Gasteiger partial charge is 0.259 e.